The van der Waals surface area contributed by atoms with Gasteiger partial charge in [-0.1, -0.05) is 29.3 Å². The lowest BCUT2D eigenvalue weighted by Gasteiger charge is -2.05. The van der Waals surface area contributed by atoms with Gasteiger partial charge in [-0.25, -0.2) is 9.78 Å². The van der Waals surface area contributed by atoms with Gasteiger partial charge in [0.2, 0.25) is 0 Å². The number of nitrogens with one attached hydrogen (secondary N) is 1. The molecule has 0 spiro atoms. The number of hydrogen-bond acceptors (Lipinski definition) is 5. The molecule has 0 saturated carbocycles. The molecule has 0 aliphatic rings. The van der Waals surface area contributed by atoms with Crippen LogP contribution in [0, 0.1) is 6.92 Å². The maximum atomic E-state index is 11.5. The first-order valence-electron chi connectivity index (χ1n) is 5.29. The van der Waals surface area contributed by atoms with Crippen LogP contribution in [0.25, 0.3) is 0 Å². The normalized spacial score (nSPS) is 10.3. The van der Waals surface area contributed by atoms with Gasteiger partial charge >= 0.3 is 5.97 Å². The molecule has 0 atom stereocenters. The minimum atomic E-state index is -0.459. The Bertz CT molecular complexity index is 628. The van der Waals surface area contributed by atoms with Crippen molar-refractivity contribution in [3.8, 4) is 0 Å². The number of carbonyl (C=O) groups is 1. The lowest BCUT2D eigenvalue weighted by molar-refractivity contribution is 0.0594. The predicted octanol–water partition coefficient (Wildman–Crippen LogP) is 4.29. The number of halogens is 2. The highest BCUT2D eigenvalue weighted by Crippen LogP contribution is 2.33. The third-order valence-electron chi connectivity index (χ3n) is 2.37. The first kappa shape index (κ1) is 14.1. The molecule has 0 aliphatic carbocycles. The van der Waals surface area contributed by atoms with E-state index < -0.39 is 5.97 Å². The van der Waals surface area contributed by atoms with Gasteiger partial charge in [-0.05, 0) is 19.1 Å². The number of methoxy groups -OCH3 is 1. The topological polar surface area (TPSA) is 51.2 Å². The summed E-state index contributed by atoms with van der Waals surface area (Å²) in [6.45, 7) is 1.80. The lowest BCUT2D eigenvalue weighted by atomic mass is 10.3. The fourth-order valence-electron chi connectivity index (χ4n) is 1.45. The largest absolute Gasteiger partial charge is 0.464 e. The zero-order valence-electron chi connectivity index (χ0n) is 10.2. The summed E-state index contributed by atoms with van der Waals surface area (Å²) in [5, 5.41) is 4.46. The summed E-state index contributed by atoms with van der Waals surface area (Å²) in [4.78, 5) is 16.4. The van der Waals surface area contributed by atoms with Crippen molar-refractivity contribution >= 4 is 51.3 Å². The van der Waals surface area contributed by atoms with E-state index in [0.29, 0.717) is 26.6 Å². The second kappa shape index (κ2) is 5.77. The number of hydrogen-bond donors (Lipinski definition) is 1. The fourth-order valence-corrected chi connectivity index (χ4v) is 2.61. The van der Waals surface area contributed by atoms with E-state index in [1.807, 2.05) is 0 Å². The summed E-state index contributed by atoms with van der Waals surface area (Å²) in [5.41, 5.74) is 0.937. The van der Waals surface area contributed by atoms with Crippen LogP contribution in [0.1, 0.15) is 15.4 Å². The molecule has 19 heavy (non-hydrogen) atoms. The van der Waals surface area contributed by atoms with Gasteiger partial charge in [0.25, 0.3) is 0 Å². The molecule has 7 heteroatoms. The summed E-state index contributed by atoms with van der Waals surface area (Å²) >= 11 is 13.3. The van der Waals surface area contributed by atoms with Crippen molar-refractivity contribution in [2.24, 2.45) is 0 Å². The lowest BCUT2D eigenvalue weighted by Crippen LogP contribution is -2.03. The Labute approximate surface area is 124 Å². The van der Waals surface area contributed by atoms with Crippen molar-refractivity contribution in [2.45, 2.75) is 6.92 Å². The van der Waals surface area contributed by atoms with Crippen LogP contribution in [0.5, 0.6) is 0 Å². The van der Waals surface area contributed by atoms with Crippen LogP contribution >= 0.6 is 34.5 Å². The second-order valence-electron chi connectivity index (χ2n) is 3.64. The summed E-state index contributed by atoms with van der Waals surface area (Å²) in [7, 11) is 1.32. The van der Waals surface area contributed by atoms with Crippen LogP contribution in [0.3, 0.4) is 0 Å². The molecule has 0 aliphatic heterocycles. The second-order valence-corrected chi connectivity index (χ2v) is 5.63. The summed E-state index contributed by atoms with van der Waals surface area (Å²) in [5.74, 6) is -0.459. The van der Waals surface area contributed by atoms with E-state index in [1.54, 1.807) is 25.1 Å². The van der Waals surface area contributed by atoms with E-state index in [0.717, 1.165) is 4.88 Å². The molecule has 2 aromatic rings. The van der Waals surface area contributed by atoms with Gasteiger partial charge in [-0.3, -0.25) is 0 Å². The number of esters is 1. The van der Waals surface area contributed by atoms with Gasteiger partial charge < -0.3 is 10.1 Å². The summed E-state index contributed by atoms with van der Waals surface area (Å²) in [6.07, 6.45) is 0. The Morgan fingerprint density at radius 1 is 1.42 bits per heavy atom. The van der Waals surface area contributed by atoms with Crippen LogP contribution in [0.15, 0.2) is 18.2 Å². The van der Waals surface area contributed by atoms with Crippen molar-refractivity contribution < 1.29 is 9.53 Å². The SMILES string of the molecule is COC(=O)c1nc(Nc2cccc(Cl)c2Cl)sc1C. The zero-order valence-corrected chi connectivity index (χ0v) is 12.5. The molecule has 0 bridgehead atoms. The number of aryl methyl sites for hydroxylation is 1. The molecule has 2 rings (SSSR count). The minimum Gasteiger partial charge on any atom is -0.464 e. The summed E-state index contributed by atoms with van der Waals surface area (Å²) in [6, 6.07) is 5.25. The highest BCUT2D eigenvalue weighted by atomic mass is 35.5. The molecule has 1 aromatic heterocycles. The van der Waals surface area contributed by atoms with Gasteiger partial charge in [0.15, 0.2) is 10.8 Å². The molecular formula is C12H10Cl2N2O2S. The van der Waals surface area contributed by atoms with Crippen LogP contribution in [0.2, 0.25) is 10.0 Å². The van der Waals surface area contributed by atoms with E-state index in [-0.39, 0.29) is 0 Å². The molecular weight excluding hydrogens is 307 g/mol. The maximum Gasteiger partial charge on any atom is 0.357 e. The first-order chi connectivity index (χ1) is 9.02. The number of benzene rings is 1. The smallest absolute Gasteiger partial charge is 0.357 e. The van der Waals surface area contributed by atoms with Gasteiger partial charge in [0.05, 0.1) is 22.8 Å². The molecule has 0 fully saturated rings. The number of thiazole rings is 1. The highest BCUT2D eigenvalue weighted by molar-refractivity contribution is 7.15. The van der Waals surface area contributed by atoms with Crippen molar-refractivity contribution in [1.82, 2.24) is 4.98 Å². The molecule has 4 nitrogen and oxygen atoms in total. The monoisotopic (exact) mass is 316 g/mol. The average Bonchev–Trinajstić information content (AvgIpc) is 2.75. The van der Waals surface area contributed by atoms with E-state index in [2.05, 4.69) is 15.0 Å². The van der Waals surface area contributed by atoms with Crippen molar-refractivity contribution in [2.75, 3.05) is 12.4 Å². The van der Waals surface area contributed by atoms with E-state index >= 15 is 0 Å². The Balaban J connectivity index is 2.29. The van der Waals surface area contributed by atoms with Crippen molar-refractivity contribution in [3.63, 3.8) is 0 Å². The third kappa shape index (κ3) is 3.00. The quantitative estimate of drug-likeness (QED) is 0.858. The number of aromatic nitrogens is 1. The van der Waals surface area contributed by atoms with E-state index in [4.69, 9.17) is 23.2 Å². The molecule has 100 valence electrons. The zero-order chi connectivity index (χ0) is 14.0. The highest BCUT2D eigenvalue weighted by Gasteiger charge is 2.16. The number of nitrogens with zero attached hydrogens (tertiary/aromatic N) is 1. The Hall–Kier alpha value is -1.30. The van der Waals surface area contributed by atoms with Gasteiger partial charge in [0, 0.05) is 4.88 Å². The number of ether oxygens (including phenoxy) is 1. The number of rotatable bonds is 3. The first-order valence-corrected chi connectivity index (χ1v) is 6.87. The van der Waals surface area contributed by atoms with Crippen molar-refractivity contribution in [3.05, 3.63) is 38.8 Å². The standard InChI is InChI=1S/C12H10Cl2N2O2S/c1-6-10(11(17)18-2)16-12(19-6)15-8-5-3-4-7(13)9(8)14/h3-5H,1-2H3,(H,15,16). The van der Waals surface area contributed by atoms with Crippen LogP contribution in [-0.2, 0) is 4.74 Å². The molecule has 1 N–H and O–H groups in total. The van der Waals surface area contributed by atoms with Gasteiger partial charge in [0.1, 0.15) is 0 Å². The fraction of sp³-hybridized carbons (Fsp3) is 0.167. The number of carbonyl (C=O) groups excluding carboxylic acids is 1. The average molecular weight is 317 g/mol. The van der Waals surface area contributed by atoms with E-state index in [1.165, 1.54) is 18.4 Å². The van der Waals surface area contributed by atoms with Crippen LogP contribution < -0.4 is 5.32 Å². The van der Waals surface area contributed by atoms with Crippen molar-refractivity contribution in [1.29, 1.82) is 0 Å². The third-order valence-corrected chi connectivity index (χ3v) is 4.07. The van der Waals surface area contributed by atoms with Crippen LogP contribution in [-0.4, -0.2) is 18.1 Å². The Kier molecular flexibility index (Phi) is 4.29. The van der Waals surface area contributed by atoms with Gasteiger partial charge in [-0.15, -0.1) is 11.3 Å². The Morgan fingerprint density at radius 3 is 2.84 bits per heavy atom. The van der Waals surface area contributed by atoms with Gasteiger partial charge in [-0.2, -0.15) is 0 Å². The van der Waals surface area contributed by atoms with E-state index in [9.17, 15) is 4.79 Å². The molecule has 1 heterocycles. The number of anilines is 2. The molecule has 0 unspecified atom stereocenters. The predicted molar refractivity (Wildman–Crippen MR) is 77.9 cm³/mol. The molecule has 0 amide bonds. The molecule has 0 radical (unpaired) electrons. The minimum absolute atomic E-state index is 0.299. The summed E-state index contributed by atoms with van der Waals surface area (Å²) < 4.78 is 4.65. The molecule has 1 aromatic carbocycles. The maximum absolute atomic E-state index is 11.5. The van der Waals surface area contributed by atoms with Crippen LogP contribution in [0.4, 0.5) is 10.8 Å². The Morgan fingerprint density at radius 2 is 2.16 bits per heavy atom. The molecule has 0 saturated heterocycles.